The summed E-state index contributed by atoms with van der Waals surface area (Å²) in [5.41, 5.74) is 6.02. The molecule has 0 saturated carbocycles. The van der Waals surface area contributed by atoms with Crippen LogP contribution in [0.1, 0.15) is 30.4 Å². The van der Waals surface area contributed by atoms with Crippen LogP contribution in [0.5, 0.6) is 0 Å². The quantitative estimate of drug-likeness (QED) is 0.753. The van der Waals surface area contributed by atoms with Crippen molar-refractivity contribution >= 4 is 22.8 Å². The maximum absolute atomic E-state index is 4.77. The van der Waals surface area contributed by atoms with Crippen LogP contribution in [0.4, 0.5) is 5.69 Å². The predicted octanol–water partition coefficient (Wildman–Crippen LogP) is 4.76. The van der Waals surface area contributed by atoms with E-state index in [4.69, 9.17) is 4.99 Å². The molecule has 102 valence electrons. The number of amidine groups is 1. The molecule has 1 atom stereocenters. The van der Waals surface area contributed by atoms with Gasteiger partial charge in [0.25, 0.3) is 0 Å². The van der Waals surface area contributed by atoms with E-state index < -0.39 is 0 Å². The second kappa shape index (κ2) is 4.81. The normalized spacial score (nSPS) is 17.3. The van der Waals surface area contributed by atoms with Crippen molar-refractivity contribution in [2.75, 3.05) is 0 Å². The van der Waals surface area contributed by atoms with Crippen LogP contribution < -0.4 is 0 Å². The van der Waals surface area contributed by atoms with Gasteiger partial charge in [0.15, 0.2) is 0 Å². The number of allylic oxidation sites excluding steroid dienone is 1. The third-order valence-corrected chi connectivity index (χ3v) is 4.17. The number of benzene rings is 2. The molecule has 2 bridgehead atoms. The van der Waals surface area contributed by atoms with Crippen molar-refractivity contribution in [2.45, 2.75) is 19.3 Å². The first-order chi connectivity index (χ1) is 10.3. The van der Waals surface area contributed by atoms with E-state index in [2.05, 4.69) is 60.5 Å². The molecule has 0 spiro atoms. The largest absolute Gasteiger partial charge is 0.237 e. The SMILES string of the molecule is CC(C1=NC2=Nc3ccccc3C(=C1)C2)c1ccccc1. The summed E-state index contributed by atoms with van der Waals surface area (Å²) in [4.78, 5) is 9.45. The molecule has 2 nitrogen and oxygen atoms in total. The summed E-state index contributed by atoms with van der Waals surface area (Å²) in [6.07, 6.45) is 3.09. The Kier molecular flexibility index (Phi) is 2.81. The molecular formula is C19H16N2. The molecule has 2 aliphatic heterocycles. The summed E-state index contributed by atoms with van der Waals surface area (Å²) in [7, 11) is 0. The zero-order valence-electron chi connectivity index (χ0n) is 12.0. The molecule has 2 aromatic rings. The fourth-order valence-electron chi connectivity index (χ4n) is 2.97. The first kappa shape index (κ1) is 12.3. The van der Waals surface area contributed by atoms with Gasteiger partial charge in [0, 0.05) is 17.9 Å². The van der Waals surface area contributed by atoms with Gasteiger partial charge in [-0.3, -0.25) is 0 Å². The Bertz CT molecular complexity index is 782. The van der Waals surface area contributed by atoms with Gasteiger partial charge in [0.1, 0.15) is 5.84 Å². The summed E-state index contributed by atoms with van der Waals surface area (Å²) in [5, 5.41) is 0. The molecule has 2 heterocycles. The van der Waals surface area contributed by atoms with Gasteiger partial charge in [-0.2, -0.15) is 0 Å². The lowest BCUT2D eigenvalue weighted by atomic mass is 9.88. The standard InChI is InChI=1S/C19H16N2/c1-13(14-7-3-2-4-8-14)18-11-15-12-19(21-18)20-17-10-6-5-9-16(15)17/h2-11,13H,12H2,1H3. The van der Waals surface area contributed by atoms with Crippen molar-refractivity contribution in [1.29, 1.82) is 0 Å². The number of rotatable bonds is 2. The molecule has 0 aromatic heterocycles. The number of nitrogens with zero attached hydrogens (tertiary/aromatic N) is 2. The lowest BCUT2D eigenvalue weighted by Gasteiger charge is -2.23. The van der Waals surface area contributed by atoms with Gasteiger partial charge >= 0.3 is 0 Å². The van der Waals surface area contributed by atoms with Crippen molar-refractivity contribution in [1.82, 2.24) is 0 Å². The van der Waals surface area contributed by atoms with Gasteiger partial charge in [0.05, 0.1) is 11.4 Å². The maximum atomic E-state index is 4.77. The van der Waals surface area contributed by atoms with Crippen LogP contribution in [0.15, 0.2) is 70.7 Å². The van der Waals surface area contributed by atoms with E-state index in [-0.39, 0.29) is 5.92 Å². The Morgan fingerprint density at radius 2 is 1.67 bits per heavy atom. The molecule has 4 rings (SSSR count). The second-order valence-corrected chi connectivity index (χ2v) is 5.56. The zero-order valence-corrected chi connectivity index (χ0v) is 12.0. The molecular weight excluding hydrogens is 256 g/mol. The molecule has 21 heavy (non-hydrogen) atoms. The molecule has 0 aliphatic carbocycles. The minimum Gasteiger partial charge on any atom is -0.237 e. The molecule has 1 unspecified atom stereocenters. The smallest absolute Gasteiger partial charge is 0.133 e. The molecule has 0 N–H and O–H groups in total. The molecule has 2 heteroatoms. The van der Waals surface area contributed by atoms with Crippen LogP contribution in [-0.4, -0.2) is 11.5 Å². The Morgan fingerprint density at radius 3 is 2.52 bits per heavy atom. The van der Waals surface area contributed by atoms with E-state index in [0.29, 0.717) is 0 Å². The van der Waals surface area contributed by atoms with Crippen molar-refractivity contribution < 1.29 is 0 Å². The van der Waals surface area contributed by atoms with Crippen LogP contribution in [0.2, 0.25) is 0 Å². The first-order valence-electron chi connectivity index (χ1n) is 7.32. The summed E-state index contributed by atoms with van der Waals surface area (Å²) in [5.74, 6) is 1.22. The summed E-state index contributed by atoms with van der Waals surface area (Å²) >= 11 is 0. The highest BCUT2D eigenvalue weighted by Gasteiger charge is 2.23. The zero-order chi connectivity index (χ0) is 14.2. The van der Waals surface area contributed by atoms with Crippen LogP contribution in [0.3, 0.4) is 0 Å². The van der Waals surface area contributed by atoms with Gasteiger partial charge in [-0.25, -0.2) is 9.98 Å². The number of fused-ring (bicyclic) bond motifs is 4. The minimum absolute atomic E-state index is 0.289. The number of hydrogen-bond donors (Lipinski definition) is 0. The van der Waals surface area contributed by atoms with Crippen LogP contribution in [0, 0.1) is 0 Å². The molecule has 0 amide bonds. The van der Waals surface area contributed by atoms with Gasteiger partial charge in [-0.05, 0) is 23.3 Å². The molecule has 2 aliphatic rings. The fourth-order valence-corrected chi connectivity index (χ4v) is 2.97. The van der Waals surface area contributed by atoms with Gasteiger partial charge < -0.3 is 0 Å². The van der Waals surface area contributed by atoms with E-state index in [9.17, 15) is 0 Å². The third kappa shape index (κ3) is 2.13. The van der Waals surface area contributed by atoms with Crippen LogP contribution >= 0.6 is 0 Å². The lowest BCUT2D eigenvalue weighted by molar-refractivity contribution is 1.02. The summed E-state index contributed by atoms with van der Waals surface area (Å²) in [6.45, 7) is 2.21. The van der Waals surface area contributed by atoms with Gasteiger partial charge in [0.2, 0.25) is 0 Å². The van der Waals surface area contributed by atoms with E-state index in [1.807, 2.05) is 12.1 Å². The average Bonchev–Trinajstić information content (AvgIpc) is 2.55. The third-order valence-electron chi connectivity index (χ3n) is 4.17. The summed E-state index contributed by atoms with van der Waals surface area (Å²) < 4.78 is 0. The number of dihydropyridines is 1. The van der Waals surface area contributed by atoms with Crippen molar-refractivity contribution in [3.8, 4) is 0 Å². The number of aliphatic imine (C=N–C) groups is 2. The number of hydrogen-bond acceptors (Lipinski definition) is 2. The first-order valence-corrected chi connectivity index (χ1v) is 7.32. The second-order valence-electron chi connectivity index (χ2n) is 5.56. The molecule has 2 aromatic carbocycles. The van der Waals surface area contributed by atoms with E-state index in [1.165, 1.54) is 16.7 Å². The van der Waals surface area contributed by atoms with E-state index >= 15 is 0 Å². The van der Waals surface area contributed by atoms with Crippen LogP contribution in [-0.2, 0) is 0 Å². The highest BCUT2D eigenvalue weighted by Crippen LogP contribution is 2.37. The molecule has 0 saturated heterocycles. The van der Waals surface area contributed by atoms with Crippen molar-refractivity contribution in [3.63, 3.8) is 0 Å². The minimum atomic E-state index is 0.289. The Labute approximate surface area is 124 Å². The topological polar surface area (TPSA) is 24.7 Å². The van der Waals surface area contributed by atoms with Gasteiger partial charge in [-0.15, -0.1) is 0 Å². The van der Waals surface area contributed by atoms with Crippen molar-refractivity contribution in [3.05, 3.63) is 71.8 Å². The molecule has 0 radical (unpaired) electrons. The van der Waals surface area contributed by atoms with E-state index in [0.717, 1.165) is 23.7 Å². The summed E-state index contributed by atoms with van der Waals surface area (Å²) in [6, 6.07) is 18.8. The van der Waals surface area contributed by atoms with E-state index in [1.54, 1.807) is 0 Å². The van der Waals surface area contributed by atoms with Crippen LogP contribution in [0.25, 0.3) is 5.57 Å². The highest BCUT2D eigenvalue weighted by atomic mass is 14.9. The number of para-hydroxylation sites is 1. The monoisotopic (exact) mass is 272 g/mol. The lowest BCUT2D eigenvalue weighted by Crippen LogP contribution is -2.17. The van der Waals surface area contributed by atoms with Gasteiger partial charge in [-0.1, -0.05) is 55.5 Å². The Balaban J connectivity index is 1.77. The Morgan fingerprint density at radius 1 is 0.905 bits per heavy atom. The average molecular weight is 272 g/mol. The Hall–Kier alpha value is -2.48. The highest BCUT2D eigenvalue weighted by molar-refractivity contribution is 6.18. The molecule has 0 fully saturated rings. The fraction of sp³-hybridized carbons (Fsp3) is 0.158. The predicted molar refractivity (Wildman–Crippen MR) is 88.4 cm³/mol. The maximum Gasteiger partial charge on any atom is 0.133 e. The van der Waals surface area contributed by atoms with Crippen molar-refractivity contribution in [2.24, 2.45) is 9.98 Å².